The Morgan fingerprint density at radius 2 is 1.84 bits per heavy atom. The van der Waals surface area contributed by atoms with Gasteiger partial charge in [-0.05, 0) is 59.1 Å². The first-order valence-electron chi connectivity index (χ1n) is 5.59. The molecule has 0 radical (unpaired) electrons. The largest absolute Gasteiger partial charge is 0.278 e. The van der Waals surface area contributed by atoms with E-state index < -0.39 is 10.0 Å². The van der Waals surface area contributed by atoms with Gasteiger partial charge in [0.15, 0.2) is 0 Å². The lowest BCUT2D eigenvalue weighted by atomic mass is 10.2. The summed E-state index contributed by atoms with van der Waals surface area (Å²) in [6, 6.07) is 6.83. The zero-order valence-electron chi connectivity index (χ0n) is 10.5. The molecule has 1 aromatic heterocycles. The van der Waals surface area contributed by atoms with Crippen molar-refractivity contribution in [2.75, 3.05) is 4.72 Å². The van der Waals surface area contributed by atoms with E-state index in [9.17, 15) is 8.42 Å². The first kappa shape index (κ1) is 14.0. The molecule has 0 atom stereocenters. The first-order chi connectivity index (χ1) is 8.88. The summed E-state index contributed by atoms with van der Waals surface area (Å²) in [5, 5.41) is 0. The number of aromatic nitrogens is 1. The lowest BCUT2D eigenvalue weighted by molar-refractivity contribution is 0.600. The number of sulfonamides is 1. The quantitative estimate of drug-likeness (QED) is 0.932. The number of hydrogen-bond donors (Lipinski definition) is 1. The molecule has 19 heavy (non-hydrogen) atoms. The number of anilines is 1. The Morgan fingerprint density at radius 1 is 1.11 bits per heavy atom. The Hall–Kier alpha value is -1.40. The van der Waals surface area contributed by atoms with Gasteiger partial charge >= 0.3 is 0 Å². The van der Waals surface area contributed by atoms with Crippen LogP contribution >= 0.6 is 15.9 Å². The maximum atomic E-state index is 12.3. The van der Waals surface area contributed by atoms with Crippen molar-refractivity contribution in [2.24, 2.45) is 0 Å². The topological polar surface area (TPSA) is 59.1 Å². The predicted octanol–water partition coefficient (Wildman–Crippen LogP) is 3.26. The van der Waals surface area contributed by atoms with E-state index in [1.54, 1.807) is 30.5 Å². The van der Waals surface area contributed by atoms with Gasteiger partial charge in [0.2, 0.25) is 0 Å². The number of halogens is 1. The molecule has 1 heterocycles. The van der Waals surface area contributed by atoms with Gasteiger partial charge in [0.1, 0.15) is 4.90 Å². The summed E-state index contributed by atoms with van der Waals surface area (Å²) in [5.74, 6) is 0. The van der Waals surface area contributed by atoms with Crippen LogP contribution in [-0.4, -0.2) is 13.4 Å². The van der Waals surface area contributed by atoms with Crippen LogP contribution in [0, 0.1) is 13.8 Å². The first-order valence-corrected chi connectivity index (χ1v) is 7.87. The van der Waals surface area contributed by atoms with E-state index >= 15 is 0 Å². The van der Waals surface area contributed by atoms with Gasteiger partial charge in [0.05, 0.1) is 11.9 Å². The van der Waals surface area contributed by atoms with Crippen LogP contribution in [-0.2, 0) is 10.0 Å². The molecule has 1 N–H and O–H groups in total. The third-order valence-corrected chi connectivity index (χ3v) is 4.86. The van der Waals surface area contributed by atoms with Crippen molar-refractivity contribution in [2.45, 2.75) is 18.7 Å². The molecule has 0 bridgehead atoms. The van der Waals surface area contributed by atoms with Crippen LogP contribution in [0.15, 0.2) is 46.0 Å². The fraction of sp³-hybridized carbons (Fsp3) is 0.154. The molecule has 0 saturated heterocycles. The van der Waals surface area contributed by atoms with Crippen LogP contribution in [0.1, 0.15) is 11.1 Å². The van der Waals surface area contributed by atoms with Gasteiger partial charge in [-0.1, -0.05) is 6.07 Å². The smallest absolute Gasteiger partial charge is 0.263 e. The molecule has 0 amide bonds. The van der Waals surface area contributed by atoms with E-state index in [2.05, 4.69) is 25.6 Å². The highest BCUT2D eigenvalue weighted by Gasteiger charge is 2.17. The number of nitrogens with one attached hydrogen (secondary N) is 1. The fourth-order valence-corrected chi connectivity index (χ4v) is 3.87. The summed E-state index contributed by atoms with van der Waals surface area (Å²) < 4.78 is 27.6. The molecule has 0 spiro atoms. The lowest BCUT2D eigenvalue weighted by Gasteiger charge is -2.10. The van der Waals surface area contributed by atoms with Gasteiger partial charge in [0.25, 0.3) is 10.0 Å². The number of hydrogen-bond acceptors (Lipinski definition) is 3. The predicted molar refractivity (Wildman–Crippen MR) is 78.7 cm³/mol. The SMILES string of the molecule is Cc1cncc(NS(=O)(=O)c2ccc(C)cc2Br)c1. The summed E-state index contributed by atoms with van der Waals surface area (Å²) in [6.07, 6.45) is 3.15. The summed E-state index contributed by atoms with van der Waals surface area (Å²) in [7, 11) is -3.61. The second-order valence-corrected chi connectivity index (χ2v) is 6.80. The molecule has 0 aliphatic carbocycles. The van der Waals surface area contributed by atoms with Crippen LogP contribution < -0.4 is 4.72 Å². The zero-order valence-corrected chi connectivity index (χ0v) is 12.9. The molecule has 2 rings (SSSR count). The Kier molecular flexibility index (Phi) is 3.91. The van der Waals surface area contributed by atoms with E-state index in [1.165, 1.54) is 6.20 Å². The third-order valence-electron chi connectivity index (χ3n) is 2.50. The van der Waals surface area contributed by atoms with Gasteiger partial charge in [-0.25, -0.2) is 8.42 Å². The van der Waals surface area contributed by atoms with Crippen molar-refractivity contribution in [1.82, 2.24) is 4.98 Å². The van der Waals surface area contributed by atoms with E-state index in [0.29, 0.717) is 10.2 Å². The zero-order chi connectivity index (χ0) is 14.0. The highest BCUT2D eigenvalue weighted by Crippen LogP contribution is 2.25. The van der Waals surface area contributed by atoms with Crippen LogP contribution in [0.3, 0.4) is 0 Å². The summed E-state index contributed by atoms with van der Waals surface area (Å²) >= 11 is 3.28. The molecule has 1 aromatic carbocycles. The lowest BCUT2D eigenvalue weighted by Crippen LogP contribution is -2.13. The molecule has 0 aliphatic heterocycles. The normalized spacial score (nSPS) is 11.3. The van der Waals surface area contributed by atoms with Crippen LogP contribution in [0.4, 0.5) is 5.69 Å². The highest BCUT2D eigenvalue weighted by molar-refractivity contribution is 9.10. The summed E-state index contributed by atoms with van der Waals surface area (Å²) in [6.45, 7) is 3.76. The molecular formula is C13H13BrN2O2S. The number of aryl methyl sites for hydroxylation is 2. The second kappa shape index (κ2) is 5.30. The Balaban J connectivity index is 2.38. The minimum atomic E-state index is -3.61. The summed E-state index contributed by atoms with van der Waals surface area (Å²) in [4.78, 5) is 4.17. The van der Waals surface area contributed by atoms with Crippen LogP contribution in [0.25, 0.3) is 0 Å². The molecule has 0 unspecified atom stereocenters. The standard InChI is InChI=1S/C13H13BrN2O2S/c1-9-3-4-13(12(14)6-9)19(17,18)16-11-5-10(2)7-15-8-11/h3-8,16H,1-2H3. The molecule has 100 valence electrons. The molecule has 6 heteroatoms. The number of pyridine rings is 1. The monoisotopic (exact) mass is 340 g/mol. The maximum Gasteiger partial charge on any atom is 0.263 e. The van der Waals surface area contributed by atoms with E-state index in [0.717, 1.165) is 11.1 Å². The number of nitrogens with zero attached hydrogens (tertiary/aromatic N) is 1. The molecule has 2 aromatic rings. The Bertz CT molecular complexity index is 714. The second-order valence-electron chi connectivity index (χ2n) is 4.29. The van der Waals surface area contributed by atoms with Crippen molar-refractivity contribution in [3.63, 3.8) is 0 Å². The maximum absolute atomic E-state index is 12.3. The van der Waals surface area contributed by atoms with E-state index in [-0.39, 0.29) is 4.90 Å². The number of benzene rings is 1. The molecule has 4 nitrogen and oxygen atoms in total. The summed E-state index contributed by atoms with van der Waals surface area (Å²) in [5.41, 5.74) is 2.33. The molecular weight excluding hydrogens is 328 g/mol. The van der Waals surface area contributed by atoms with E-state index in [4.69, 9.17) is 0 Å². The number of rotatable bonds is 3. The minimum Gasteiger partial charge on any atom is -0.278 e. The molecule has 0 aliphatic rings. The van der Waals surface area contributed by atoms with Crippen molar-refractivity contribution in [1.29, 1.82) is 0 Å². The fourth-order valence-electron chi connectivity index (χ4n) is 1.64. The van der Waals surface area contributed by atoms with Crippen LogP contribution in [0.5, 0.6) is 0 Å². The van der Waals surface area contributed by atoms with E-state index in [1.807, 2.05) is 13.8 Å². The minimum absolute atomic E-state index is 0.208. The van der Waals surface area contributed by atoms with Crippen molar-refractivity contribution in [3.8, 4) is 0 Å². The van der Waals surface area contributed by atoms with Gasteiger partial charge in [-0.3, -0.25) is 9.71 Å². The van der Waals surface area contributed by atoms with Crippen molar-refractivity contribution >= 4 is 31.6 Å². The third kappa shape index (κ3) is 3.33. The average molecular weight is 341 g/mol. The Labute approximate surface area is 121 Å². The van der Waals surface area contributed by atoms with Gasteiger partial charge in [-0.15, -0.1) is 0 Å². The highest BCUT2D eigenvalue weighted by atomic mass is 79.9. The average Bonchev–Trinajstić information content (AvgIpc) is 2.27. The van der Waals surface area contributed by atoms with Crippen molar-refractivity contribution < 1.29 is 8.42 Å². The van der Waals surface area contributed by atoms with Gasteiger partial charge < -0.3 is 0 Å². The van der Waals surface area contributed by atoms with Crippen molar-refractivity contribution in [3.05, 3.63) is 52.3 Å². The molecule has 0 fully saturated rings. The van der Waals surface area contributed by atoms with Gasteiger partial charge in [-0.2, -0.15) is 0 Å². The molecule has 0 saturated carbocycles. The Morgan fingerprint density at radius 3 is 2.47 bits per heavy atom. The van der Waals surface area contributed by atoms with Gasteiger partial charge in [0, 0.05) is 10.7 Å². The van der Waals surface area contributed by atoms with Crippen LogP contribution in [0.2, 0.25) is 0 Å².